The molecule has 18 heavy (non-hydrogen) atoms. The van der Waals surface area contributed by atoms with Gasteiger partial charge in [0.1, 0.15) is 4.92 Å². The number of nitrogens with zero attached hydrogens (tertiary/aromatic N) is 1. The fraction of sp³-hybridized carbons (Fsp3) is 0.500. The number of carbonyl (C=O) groups excluding carboxylic acids is 1. The molecule has 1 aromatic rings. The number of amides is 1. The molecule has 1 aromatic heterocycles. The third-order valence-electron chi connectivity index (χ3n) is 2.63. The standard InChI is InChI=1S/C10H13N3O4.ClH/c14-10(12-7-2-1-5-11-6-7)8-3-4-9(17-8)13(15)16;/h3-4,7,11H,1-2,5-6H2,(H,12,14);1H/t7-;/m1./s1. The second kappa shape index (κ2) is 6.36. The maximum absolute atomic E-state index is 11.7. The SMILES string of the molecule is Cl.O=C(N[C@@H]1CCCNC1)c1ccc([N+](=O)[O-])o1. The monoisotopic (exact) mass is 275 g/mol. The second-order valence-electron chi connectivity index (χ2n) is 3.91. The molecule has 100 valence electrons. The minimum absolute atomic E-state index is 0. The van der Waals surface area contributed by atoms with Gasteiger partial charge in [0.05, 0.1) is 6.07 Å². The molecule has 1 saturated heterocycles. The van der Waals surface area contributed by atoms with E-state index in [4.69, 9.17) is 4.42 Å². The molecule has 0 aliphatic carbocycles. The van der Waals surface area contributed by atoms with E-state index < -0.39 is 16.7 Å². The fourth-order valence-electron chi connectivity index (χ4n) is 1.78. The van der Waals surface area contributed by atoms with Crippen LogP contribution in [0.15, 0.2) is 16.5 Å². The molecule has 1 atom stereocenters. The Hall–Kier alpha value is -1.60. The summed E-state index contributed by atoms with van der Waals surface area (Å²) in [6, 6.07) is 2.54. The van der Waals surface area contributed by atoms with Crippen molar-refractivity contribution >= 4 is 24.2 Å². The number of nitro groups is 1. The number of nitrogens with one attached hydrogen (secondary N) is 2. The van der Waals surface area contributed by atoms with Crippen LogP contribution >= 0.6 is 12.4 Å². The van der Waals surface area contributed by atoms with Crippen LogP contribution in [0.2, 0.25) is 0 Å². The summed E-state index contributed by atoms with van der Waals surface area (Å²) < 4.78 is 4.82. The van der Waals surface area contributed by atoms with Crippen LogP contribution in [0.5, 0.6) is 0 Å². The zero-order valence-corrected chi connectivity index (χ0v) is 10.4. The Labute approximate surface area is 109 Å². The number of rotatable bonds is 3. The lowest BCUT2D eigenvalue weighted by molar-refractivity contribution is -0.402. The molecule has 8 heteroatoms. The van der Waals surface area contributed by atoms with E-state index in [0.29, 0.717) is 6.54 Å². The predicted octanol–water partition coefficient (Wildman–Crippen LogP) is 1.09. The van der Waals surface area contributed by atoms with Gasteiger partial charge in [0.2, 0.25) is 0 Å². The number of halogens is 1. The van der Waals surface area contributed by atoms with Crippen LogP contribution in [0.4, 0.5) is 5.88 Å². The fourth-order valence-corrected chi connectivity index (χ4v) is 1.78. The van der Waals surface area contributed by atoms with Gasteiger partial charge in [0, 0.05) is 12.6 Å². The quantitative estimate of drug-likeness (QED) is 0.636. The zero-order valence-electron chi connectivity index (χ0n) is 9.55. The van der Waals surface area contributed by atoms with Crippen molar-refractivity contribution < 1.29 is 14.1 Å². The third-order valence-corrected chi connectivity index (χ3v) is 2.63. The van der Waals surface area contributed by atoms with Crippen LogP contribution in [0.25, 0.3) is 0 Å². The smallest absolute Gasteiger partial charge is 0.395 e. The summed E-state index contributed by atoms with van der Waals surface area (Å²) in [6.45, 7) is 1.67. The van der Waals surface area contributed by atoms with Gasteiger partial charge in [0.25, 0.3) is 5.91 Å². The normalized spacial score (nSPS) is 18.8. The van der Waals surface area contributed by atoms with Gasteiger partial charge < -0.3 is 15.1 Å². The van der Waals surface area contributed by atoms with Crippen LogP contribution in [0.3, 0.4) is 0 Å². The summed E-state index contributed by atoms with van der Waals surface area (Å²) in [5, 5.41) is 16.3. The zero-order chi connectivity index (χ0) is 12.3. The lowest BCUT2D eigenvalue weighted by Gasteiger charge is -2.23. The molecule has 1 amide bonds. The van der Waals surface area contributed by atoms with Crippen LogP contribution in [0, 0.1) is 10.1 Å². The average molecular weight is 276 g/mol. The maximum Gasteiger partial charge on any atom is 0.433 e. The molecule has 0 unspecified atom stereocenters. The summed E-state index contributed by atoms with van der Waals surface area (Å²) in [6.07, 6.45) is 1.91. The predicted molar refractivity (Wildman–Crippen MR) is 66.0 cm³/mol. The summed E-state index contributed by atoms with van der Waals surface area (Å²) in [7, 11) is 0. The van der Waals surface area contributed by atoms with Crippen molar-refractivity contribution in [2.45, 2.75) is 18.9 Å². The van der Waals surface area contributed by atoms with Gasteiger partial charge in [-0.1, -0.05) is 0 Å². The van der Waals surface area contributed by atoms with E-state index in [1.807, 2.05) is 0 Å². The number of furan rings is 1. The molecule has 0 radical (unpaired) electrons. The molecule has 1 aliphatic heterocycles. The van der Waals surface area contributed by atoms with Gasteiger partial charge in [-0.25, -0.2) is 0 Å². The first-order valence-corrected chi connectivity index (χ1v) is 5.42. The Morgan fingerprint density at radius 3 is 2.89 bits per heavy atom. The van der Waals surface area contributed by atoms with Gasteiger partial charge in [0.15, 0.2) is 5.76 Å². The highest BCUT2D eigenvalue weighted by Crippen LogP contribution is 2.15. The number of hydrogen-bond acceptors (Lipinski definition) is 5. The molecule has 1 aliphatic rings. The first-order valence-electron chi connectivity index (χ1n) is 5.42. The minimum Gasteiger partial charge on any atom is -0.395 e. The second-order valence-corrected chi connectivity index (χ2v) is 3.91. The topological polar surface area (TPSA) is 97.4 Å². The number of carbonyl (C=O) groups is 1. The molecule has 0 spiro atoms. The molecule has 0 aromatic carbocycles. The first-order chi connectivity index (χ1) is 8.16. The summed E-state index contributed by atoms with van der Waals surface area (Å²) >= 11 is 0. The molecule has 2 N–H and O–H groups in total. The highest BCUT2D eigenvalue weighted by molar-refractivity contribution is 5.91. The van der Waals surface area contributed by atoms with Crippen LogP contribution in [-0.2, 0) is 0 Å². The Bertz CT molecular complexity index is 429. The first kappa shape index (κ1) is 14.5. The lowest BCUT2D eigenvalue weighted by Crippen LogP contribution is -2.45. The van der Waals surface area contributed by atoms with Crippen LogP contribution in [-0.4, -0.2) is 30.0 Å². The van der Waals surface area contributed by atoms with E-state index >= 15 is 0 Å². The Morgan fingerprint density at radius 1 is 1.56 bits per heavy atom. The van der Waals surface area contributed by atoms with E-state index in [1.165, 1.54) is 12.1 Å². The Balaban J connectivity index is 0.00000162. The minimum atomic E-state index is -0.668. The molecule has 2 rings (SSSR count). The average Bonchev–Trinajstić information content (AvgIpc) is 2.79. The van der Waals surface area contributed by atoms with Gasteiger partial charge in [-0.3, -0.25) is 14.9 Å². The molecule has 0 bridgehead atoms. The Morgan fingerprint density at radius 2 is 2.33 bits per heavy atom. The molecule has 7 nitrogen and oxygen atoms in total. The largest absolute Gasteiger partial charge is 0.433 e. The maximum atomic E-state index is 11.7. The van der Waals surface area contributed by atoms with E-state index in [2.05, 4.69) is 10.6 Å². The molecule has 0 saturated carbocycles. The Kier molecular flexibility index (Phi) is 5.11. The third kappa shape index (κ3) is 3.44. The van der Waals surface area contributed by atoms with E-state index in [-0.39, 0.29) is 24.2 Å². The van der Waals surface area contributed by atoms with Crippen molar-refractivity contribution in [3.8, 4) is 0 Å². The van der Waals surface area contributed by atoms with Crippen molar-refractivity contribution in [3.63, 3.8) is 0 Å². The number of hydrogen-bond donors (Lipinski definition) is 2. The van der Waals surface area contributed by atoms with Crippen LogP contribution < -0.4 is 10.6 Å². The van der Waals surface area contributed by atoms with Crippen molar-refractivity contribution in [1.29, 1.82) is 0 Å². The van der Waals surface area contributed by atoms with E-state index in [0.717, 1.165) is 19.4 Å². The lowest BCUT2D eigenvalue weighted by atomic mass is 10.1. The van der Waals surface area contributed by atoms with Gasteiger partial charge in [-0.15, -0.1) is 12.4 Å². The van der Waals surface area contributed by atoms with E-state index in [1.54, 1.807) is 0 Å². The van der Waals surface area contributed by atoms with Crippen molar-refractivity contribution in [3.05, 3.63) is 28.0 Å². The van der Waals surface area contributed by atoms with Gasteiger partial charge >= 0.3 is 5.88 Å². The molecular formula is C10H14ClN3O4. The summed E-state index contributed by atoms with van der Waals surface area (Å²) in [5.74, 6) is -0.856. The number of piperidine rings is 1. The van der Waals surface area contributed by atoms with Crippen molar-refractivity contribution in [2.24, 2.45) is 0 Å². The molecule has 2 heterocycles. The molecular weight excluding hydrogens is 262 g/mol. The highest BCUT2D eigenvalue weighted by Gasteiger charge is 2.20. The summed E-state index contributed by atoms with van der Waals surface area (Å²) in [4.78, 5) is 21.4. The highest BCUT2D eigenvalue weighted by atomic mass is 35.5. The van der Waals surface area contributed by atoms with E-state index in [9.17, 15) is 14.9 Å². The van der Waals surface area contributed by atoms with Crippen LogP contribution in [0.1, 0.15) is 23.4 Å². The summed E-state index contributed by atoms with van der Waals surface area (Å²) in [5.41, 5.74) is 0. The van der Waals surface area contributed by atoms with Gasteiger partial charge in [-0.05, 0) is 25.5 Å². The van der Waals surface area contributed by atoms with Gasteiger partial charge in [-0.2, -0.15) is 0 Å². The van der Waals surface area contributed by atoms with Crippen molar-refractivity contribution in [1.82, 2.24) is 10.6 Å². The molecule has 1 fully saturated rings. The van der Waals surface area contributed by atoms with Crippen molar-refractivity contribution in [2.75, 3.05) is 13.1 Å².